The third kappa shape index (κ3) is 5.22. The summed E-state index contributed by atoms with van der Waals surface area (Å²) in [4.78, 5) is 34.2. The molecule has 2 heterocycles. The smallest absolute Gasteiger partial charge is 0.254 e. The predicted molar refractivity (Wildman–Crippen MR) is 113 cm³/mol. The van der Waals surface area contributed by atoms with Crippen molar-refractivity contribution in [1.29, 1.82) is 5.41 Å². The number of aliphatic imine (C=N–C) groups is 1. The maximum atomic E-state index is 14.1. The second-order valence-electron chi connectivity index (χ2n) is 9.78. The van der Waals surface area contributed by atoms with Gasteiger partial charge in [0.05, 0.1) is 23.7 Å². The molecule has 0 spiro atoms. The Labute approximate surface area is 177 Å². The highest BCUT2D eigenvalue weighted by molar-refractivity contribution is 6.40. The third-order valence-corrected chi connectivity index (χ3v) is 5.97. The molecule has 0 aromatic heterocycles. The van der Waals surface area contributed by atoms with Crippen molar-refractivity contribution in [3.05, 3.63) is 0 Å². The summed E-state index contributed by atoms with van der Waals surface area (Å²) in [6.07, 6.45) is 0.790. The van der Waals surface area contributed by atoms with Crippen molar-refractivity contribution in [2.45, 2.75) is 72.0 Å². The van der Waals surface area contributed by atoms with Crippen LogP contribution in [0, 0.1) is 16.7 Å². The van der Waals surface area contributed by atoms with Gasteiger partial charge in [-0.2, -0.15) is 0 Å². The number of rotatable bonds is 6. The summed E-state index contributed by atoms with van der Waals surface area (Å²) in [5.74, 6) is -4.75. The highest BCUT2D eigenvalue weighted by Crippen LogP contribution is 2.33. The highest BCUT2D eigenvalue weighted by atomic mass is 19.3. The lowest BCUT2D eigenvalue weighted by Gasteiger charge is -2.34. The van der Waals surface area contributed by atoms with Gasteiger partial charge in [0.15, 0.2) is 11.8 Å². The van der Waals surface area contributed by atoms with E-state index in [4.69, 9.17) is 5.41 Å². The zero-order valence-corrected chi connectivity index (χ0v) is 19.1. The molecule has 3 unspecified atom stereocenters. The van der Waals surface area contributed by atoms with Crippen LogP contribution in [0.4, 0.5) is 8.78 Å². The Hall–Kier alpha value is -1.90. The lowest BCUT2D eigenvalue weighted by molar-refractivity contribution is -0.128. The number of ketones is 1. The summed E-state index contributed by atoms with van der Waals surface area (Å²) in [6, 6.07) is -2.13. The molecule has 0 aliphatic carbocycles. The number of Topliss-reactive ketones (excluding diaryl/α,β-unsaturated/α-hetero) is 1. The summed E-state index contributed by atoms with van der Waals surface area (Å²) < 4.78 is 28.2. The van der Waals surface area contributed by atoms with Crippen molar-refractivity contribution in [2.75, 3.05) is 26.7 Å². The molecule has 0 bridgehead atoms. The Balaban J connectivity index is 2.38. The third-order valence-electron chi connectivity index (χ3n) is 5.97. The molecule has 2 rings (SSSR count). The molecule has 1 fully saturated rings. The number of amidine groups is 1. The summed E-state index contributed by atoms with van der Waals surface area (Å²) in [5.41, 5.74) is -0.745. The van der Waals surface area contributed by atoms with Crippen LogP contribution in [0.25, 0.3) is 0 Å². The lowest BCUT2D eigenvalue weighted by atomic mass is 9.82. The Morgan fingerprint density at radius 1 is 1.23 bits per heavy atom. The molecule has 9 heteroatoms. The Bertz CT molecular complexity index is 726. The van der Waals surface area contributed by atoms with Crippen LogP contribution in [0.5, 0.6) is 0 Å². The highest BCUT2D eigenvalue weighted by Gasteiger charge is 2.48. The van der Waals surface area contributed by atoms with E-state index >= 15 is 0 Å². The fraction of sp³-hybridized carbons (Fsp3) is 0.810. The molecule has 0 radical (unpaired) electrons. The molecule has 2 aliphatic heterocycles. The van der Waals surface area contributed by atoms with Crippen molar-refractivity contribution in [3.63, 3.8) is 0 Å². The SMILES string of the molecule is CC(=N)C(=O)[C@@H](NC(=O)C1N=C(C(C)C(C)(F)F)N2CCCN(C)CC12)C(C)(C)C. The first-order chi connectivity index (χ1) is 13.6. The minimum absolute atomic E-state index is 0.138. The van der Waals surface area contributed by atoms with Gasteiger partial charge in [0, 0.05) is 20.0 Å². The van der Waals surface area contributed by atoms with E-state index in [0.29, 0.717) is 13.1 Å². The first-order valence-corrected chi connectivity index (χ1v) is 10.4. The molecule has 2 aliphatic rings. The Kier molecular flexibility index (Phi) is 7.06. The molecule has 0 saturated carbocycles. The average molecular weight is 428 g/mol. The molecule has 4 atom stereocenters. The van der Waals surface area contributed by atoms with Crippen LogP contribution in [0.2, 0.25) is 0 Å². The number of halogens is 2. The van der Waals surface area contributed by atoms with E-state index in [0.717, 1.165) is 19.9 Å². The Morgan fingerprint density at radius 2 is 1.83 bits per heavy atom. The van der Waals surface area contributed by atoms with Gasteiger partial charge in [-0.05, 0) is 39.3 Å². The van der Waals surface area contributed by atoms with E-state index in [2.05, 4.69) is 15.2 Å². The van der Waals surface area contributed by atoms with E-state index in [9.17, 15) is 18.4 Å². The van der Waals surface area contributed by atoms with E-state index < -0.39 is 41.0 Å². The van der Waals surface area contributed by atoms with E-state index in [1.807, 2.05) is 32.7 Å². The minimum Gasteiger partial charge on any atom is -0.353 e. The van der Waals surface area contributed by atoms with E-state index in [-0.39, 0.29) is 17.6 Å². The number of likely N-dealkylation sites (N-methyl/N-ethyl adjacent to an activating group) is 1. The average Bonchev–Trinajstić information content (AvgIpc) is 2.82. The number of nitrogens with one attached hydrogen (secondary N) is 2. The van der Waals surface area contributed by atoms with Crippen molar-refractivity contribution in [2.24, 2.45) is 16.3 Å². The molecule has 170 valence electrons. The van der Waals surface area contributed by atoms with Crippen LogP contribution in [-0.4, -0.2) is 83.8 Å². The number of carbonyl (C=O) groups is 2. The number of fused-ring (bicyclic) bond motifs is 1. The van der Waals surface area contributed by atoms with Gasteiger partial charge in [0.25, 0.3) is 5.92 Å². The maximum Gasteiger partial charge on any atom is 0.254 e. The second kappa shape index (κ2) is 8.69. The fourth-order valence-corrected chi connectivity index (χ4v) is 3.98. The Morgan fingerprint density at radius 3 is 2.33 bits per heavy atom. The van der Waals surface area contributed by atoms with Gasteiger partial charge >= 0.3 is 0 Å². The van der Waals surface area contributed by atoms with E-state index in [1.165, 1.54) is 13.8 Å². The monoisotopic (exact) mass is 427 g/mol. The van der Waals surface area contributed by atoms with Gasteiger partial charge in [-0.15, -0.1) is 0 Å². The fourth-order valence-electron chi connectivity index (χ4n) is 3.98. The summed E-state index contributed by atoms with van der Waals surface area (Å²) >= 11 is 0. The largest absolute Gasteiger partial charge is 0.353 e. The van der Waals surface area contributed by atoms with Gasteiger partial charge in [-0.25, -0.2) is 8.78 Å². The summed E-state index contributed by atoms with van der Waals surface area (Å²) in [6.45, 7) is 11.0. The molecular formula is C21H35F2N5O2. The maximum absolute atomic E-state index is 14.1. The number of hydrogen-bond donors (Lipinski definition) is 2. The van der Waals surface area contributed by atoms with Crippen molar-refractivity contribution in [1.82, 2.24) is 15.1 Å². The number of alkyl halides is 2. The van der Waals surface area contributed by atoms with Gasteiger partial charge in [0.1, 0.15) is 5.84 Å². The normalized spacial score (nSPS) is 25.1. The number of nitrogens with zero attached hydrogens (tertiary/aromatic N) is 3. The zero-order chi connectivity index (χ0) is 23.0. The molecule has 1 saturated heterocycles. The molecule has 1 amide bonds. The molecule has 0 aromatic carbocycles. The van der Waals surface area contributed by atoms with Crippen LogP contribution >= 0.6 is 0 Å². The van der Waals surface area contributed by atoms with Crippen LogP contribution in [0.15, 0.2) is 4.99 Å². The lowest BCUT2D eigenvalue weighted by Crippen LogP contribution is -2.56. The van der Waals surface area contributed by atoms with Gasteiger partial charge < -0.3 is 20.5 Å². The first kappa shape index (κ1) is 24.4. The van der Waals surface area contributed by atoms with E-state index in [1.54, 1.807) is 0 Å². The van der Waals surface area contributed by atoms with Crippen LogP contribution < -0.4 is 5.32 Å². The standard InChI is InChI=1S/C21H35F2N5O2/c1-12(21(6,22)23)18-25-15(14-11-27(7)9-8-10-28(14)18)19(30)26-17(20(3,4)5)16(29)13(2)24/h12,14-15,17,24H,8-11H2,1-7H3,(H,26,30)/t12?,14?,15?,17-/m1/s1. The molecule has 2 N–H and O–H groups in total. The van der Waals surface area contributed by atoms with Crippen LogP contribution in [-0.2, 0) is 9.59 Å². The van der Waals surface area contributed by atoms with Crippen molar-refractivity contribution >= 4 is 23.2 Å². The molecule has 0 aromatic rings. The van der Waals surface area contributed by atoms with Crippen molar-refractivity contribution in [3.8, 4) is 0 Å². The summed E-state index contributed by atoms with van der Waals surface area (Å²) in [5, 5.41) is 10.5. The molecule has 7 nitrogen and oxygen atoms in total. The topological polar surface area (TPSA) is 88.9 Å². The van der Waals surface area contributed by atoms with Gasteiger partial charge in [-0.3, -0.25) is 14.6 Å². The quantitative estimate of drug-likeness (QED) is 0.636. The molecular weight excluding hydrogens is 392 g/mol. The molecule has 30 heavy (non-hydrogen) atoms. The second-order valence-corrected chi connectivity index (χ2v) is 9.78. The number of hydrogen-bond acceptors (Lipinski definition) is 6. The predicted octanol–water partition coefficient (Wildman–Crippen LogP) is 2.20. The van der Waals surface area contributed by atoms with Gasteiger partial charge in [0.2, 0.25) is 5.91 Å². The van der Waals surface area contributed by atoms with Crippen molar-refractivity contribution < 1.29 is 18.4 Å². The first-order valence-electron chi connectivity index (χ1n) is 10.4. The number of amides is 1. The minimum atomic E-state index is -2.96. The zero-order valence-electron chi connectivity index (χ0n) is 19.1. The van der Waals surface area contributed by atoms with Crippen LogP contribution in [0.1, 0.15) is 48.0 Å². The number of carbonyl (C=O) groups excluding carboxylic acids is 2. The summed E-state index contributed by atoms with van der Waals surface area (Å²) in [7, 11) is 1.94. The van der Waals surface area contributed by atoms with Gasteiger partial charge in [-0.1, -0.05) is 20.8 Å². The van der Waals surface area contributed by atoms with Crippen LogP contribution in [0.3, 0.4) is 0 Å².